The van der Waals surface area contributed by atoms with E-state index in [-0.39, 0.29) is 5.92 Å². The summed E-state index contributed by atoms with van der Waals surface area (Å²) in [4.78, 5) is 0. The van der Waals surface area contributed by atoms with E-state index < -0.39 is 14.3 Å². The maximum atomic E-state index is 11.1. The summed E-state index contributed by atoms with van der Waals surface area (Å²) in [5.41, 5.74) is 1.55. The molecule has 0 aliphatic heterocycles. The van der Waals surface area contributed by atoms with Crippen LogP contribution < -0.4 is 0 Å². The van der Waals surface area contributed by atoms with E-state index in [9.17, 15) is 8.42 Å². The Morgan fingerprint density at radius 1 is 1.79 bits per heavy atom. The second kappa shape index (κ2) is 4.11. The van der Waals surface area contributed by atoms with Gasteiger partial charge in [0, 0.05) is 16.6 Å². The summed E-state index contributed by atoms with van der Waals surface area (Å²) in [6.45, 7) is 3.44. The van der Waals surface area contributed by atoms with Crippen LogP contribution in [-0.4, -0.2) is 21.5 Å². The molecule has 0 saturated heterocycles. The molecule has 2 atom stereocenters. The fourth-order valence-corrected chi connectivity index (χ4v) is 2.53. The Kier molecular flexibility index (Phi) is 3.48. The number of hydrogen-bond donors (Lipinski definition) is 0. The van der Waals surface area contributed by atoms with Crippen molar-refractivity contribution >= 4 is 27.6 Å². The molecule has 0 spiro atoms. The lowest BCUT2D eigenvalue weighted by Gasteiger charge is -2.31. The molecule has 0 fully saturated rings. The average molecular weight is 231 g/mol. The first-order chi connectivity index (χ1) is 6.38. The summed E-state index contributed by atoms with van der Waals surface area (Å²) in [6.07, 6.45) is 4.45. The van der Waals surface area contributed by atoms with Gasteiger partial charge in [0.05, 0.1) is 5.25 Å². The zero-order chi connectivity index (χ0) is 10.9. The Morgan fingerprint density at radius 3 is 2.64 bits per heavy atom. The molecular formula is C9H12BClO2S. The van der Waals surface area contributed by atoms with E-state index >= 15 is 0 Å². The van der Waals surface area contributed by atoms with Crippen molar-refractivity contribution in [2.45, 2.75) is 25.5 Å². The van der Waals surface area contributed by atoms with Crippen LogP contribution in [-0.2, 0) is 9.05 Å². The number of allylic oxidation sites excluding steroid dienone is 4. The summed E-state index contributed by atoms with van der Waals surface area (Å²) in [5, 5.41) is -0.567. The quantitative estimate of drug-likeness (QED) is 0.549. The number of rotatable bonds is 3. The van der Waals surface area contributed by atoms with E-state index in [2.05, 4.69) is 0 Å². The van der Waals surface area contributed by atoms with Crippen LogP contribution in [0.4, 0.5) is 0 Å². The van der Waals surface area contributed by atoms with Gasteiger partial charge in [-0.2, -0.15) is 0 Å². The molecule has 0 N–H and O–H groups in total. The predicted octanol–water partition coefficient (Wildman–Crippen LogP) is 1.96. The van der Waals surface area contributed by atoms with Crippen molar-refractivity contribution in [3.8, 4) is 0 Å². The fourth-order valence-electron chi connectivity index (χ4n) is 1.51. The Hall–Kier alpha value is -0.215. The van der Waals surface area contributed by atoms with Gasteiger partial charge < -0.3 is 0 Å². The van der Waals surface area contributed by atoms with Crippen molar-refractivity contribution in [2.75, 3.05) is 0 Å². The van der Waals surface area contributed by atoms with Crippen LogP contribution in [0.2, 0.25) is 0 Å². The third kappa shape index (κ3) is 2.23. The minimum atomic E-state index is -3.49. The van der Waals surface area contributed by atoms with Crippen molar-refractivity contribution in [3.63, 3.8) is 0 Å². The highest BCUT2D eigenvalue weighted by atomic mass is 35.7. The summed E-state index contributed by atoms with van der Waals surface area (Å²) < 4.78 is 22.2. The molecule has 0 heterocycles. The molecule has 76 valence electrons. The maximum Gasteiger partial charge on any atom is 0.235 e. The fraction of sp³-hybridized carbons (Fsp3) is 0.556. The topological polar surface area (TPSA) is 34.1 Å². The van der Waals surface area contributed by atoms with E-state index in [0.717, 1.165) is 12.0 Å². The minimum absolute atomic E-state index is 0.0475. The molecule has 0 aromatic heterocycles. The van der Waals surface area contributed by atoms with E-state index in [1.54, 1.807) is 13.0 Å². The van der Waals surface area contributed by atoms with Crippen LogP contribution in [0.3, 0.4) is 0 Å². The van der Waals surface area contributed by atoms with E-state index in [1.807, 2.05) is 13.0 Å². The normalized spacial score (nSPS) is 25.2. The summed E-state index contributed by atoms with van der Waals surface area (Å²) in [6, 6.07) is 0. The van der Waals surface area contributed by atoms with Gasteiger partial charge in [0.25, 0.3) is 0 Å². The van der Waals surface area contributed by atoms with Crippen LogP contribution >= 0.6 is 10.7 Å². The Labute approximate surface area is 90.9 Å². The summed E-state index contributed by atoms with van der Waals surface area (Å²) in [5.74, 6) is -0.0475. The number of hydrogen-bond acceptors (Lipinski definition) is 2. The molecular weight excluding hydrogens is 218 g/mol. The van der Waals surface area contributed by atoms with Crippen molar-refractivity contribution in [2.24, 2.45) is 5.92 Å². The average Bonchev–Trinajstić information content (AvgIpc) is 2.00. The van der Waals surface area contributed by atoms with Crippen molar-refractivity contribution in [1.29, 1.82) is 0 Å². The van der Waals surface area contributed by atoms with Gasteiger partial charge in [-0.25, -0.2) is 8.42 Å². The molecule has 0 saturated carbocycles. The minimum Gasteiger partial charge on any atom is -0.212 e. The molecule has 0 unspecified atom stereocenters. The van der Waals surface area contributed by atoms with Crippen molar-refractivity contribution in [3.05, 3.63) is 23.2 Å². The third-order valence-corrected chi connectivity index (χ3v) is 4.71. The van der Waals surface area contributed by atoms with Crippen LogP contribution in [0.5, 0.6) is 0 Å². The molecule has 0 bridgehead atoms. The highest BCUT2D eigenvalue weighted by molar-refractivity contribution is 8.14. The lowest BCUT2D eigenvalue weighted by molar-refractivity contribution is 0.527. The van der Waals surface area contributed by atoms with Gasteiger partial charge in [0.2, 0.25) is 9.05 Å². The van der Waals surface area contributed by atoms with Crippen LogP contribution in [0.25, 0.3) is 0 Å². The molecule has 1 aliphatic rings. The van der Waals surface area contributed by atoms with Crippen LogP contribution in [0.1, 0.15) is 20.3 Å². The van der Waals surface area contributed by atoms with Crippen molar-refractivity contribution in [1.82, 2.24) is 0 Å². The molecule has 5 heteroatoms. The molecule has 0 aromatic carbocycles. The highest BCUT2D eigenvalue weighted by Gasteiger charge is 2.34. The largest absolute Gasteiger partial charge is 0.235 e. The molecule has 0 amide bonds. The number of halogens is 1. The molecule has 2 radical (unpaired) electrons. The summed E-state index contributed by atoms with van der Waals surface area (Å²) in [7, 11) is 7.50. The maximum absolute atomic E-state index is 11.1. The summed E-state index contributed by atoms with van der Waals surface area (Å²) >= 11 is 0. The van der Waals surface area contributed by atoms with Gasteiger partial charge in [-0.05, 0) is 20.3 Å². The van der Waals surface area contributed by atoms with Gasteiger partial charge in [-0.3, -0.25) is 0 Å². The van der Waals surface area contributed by atoms with Gasteiger partial charge in [0.1, 0.15) is 7.85 Å². The second-order valence-electron chi connectivity index (χ2n) is 3.43. The first-order valence-electron chi connectivity index (χ1n) is 4.43. The third-order valence-electron chi connectivity index (χ3n) is 2.65. The van der Waals surface area contributed by atoms with Crippen LogP contribution in [0.15, 0.2) is 23.2 Å². The van der Waals surface area contributed by atoms with Crippen molar-refractivity contribution < 1.29 is 8.42 Å². The van der Waals surface area contributed by atoms with Gasteiger partial charge in [-0.1, -0.05) is 23.2 Å². The molecule has 0 aromatic rings. The van der Waals surface area contributed by atoms with Gasteiger partial charge in [0.15, 0.2) is 0 Å². The first-order valence-corrected chi connectivity index (χ1v) is 6.81. The van der Waals surface area contributed by atoms with E-state index in [1.165, 1.54) is 0 Å². The second-order valence-corrected chi connectivity index (χ2v) is 6.41. The standard InChI is InChI=1S/C9H12BClO2S/c1-3-9(10)8-5-4-7(8)6(2)14(11,12)13/h3,5-7H,4H2,1-2H3/b9-3+/t6-,7-/m1/s1. The molecule has 1 aliphatic carbocycles. The molecule has 1 rings (SSSR count). The van der Waals surface area contributed by atoms with Gasteiger partial charge in [-0.15, -0.1) is 0 Å². The lowest BCUT2D eigenvalue weighted by Crippen LogP contribution is -2.30. The Balaban J connectivity index is 2.83. The zero-order valence-electron chi connectivity index (χ0n) is 8.20. The van der Waals surface area contributed by atoms with E-state index in [0.29, 0.717) is 5.47 Å². The highest BCUT2D eigenvalue weighted by Crippen LogP contribution is 2.37. The zero-order valence-corrected chi connectivity index (χ0v) is 9.77. The van der Waals surface area contributed by atoms with Crippen LogP contribution in [0, 0.1) is 5.92 Å². The van der Waals surface area contributed by atoms with Gasteiger partial charge >= 0.3 is 0 Å². The molecule has 2 nitrogen and oxygen atoms in total. The predicted molar refractivity (Wildman–Crippen MR) is 59.9 cm³/mol. The monoisotopic (exact) mass is 230 g/mol. The Morgan fingerprint density at radius 2 is 2.36 bits per heavy atom. The first kappa shape index (κ1) is 11.9. The lowest BCUT2D eigenvalue weighted by atomic mass is 9.72. The SMILES string of the molecule is [B]/C(=C/C)C1=CC[C@@H]1[C@@H](C)S(=O)(=O)Cl. The smallest absolute Gasteiger partial charge is 0.212 e. The Bertz CT molecular complexity index is 384. The van der Waals surface area contributed by atoms with E-state index in [4.69, 9.17) is 18.5 Å². The molecule has 14 heavy (non-hydrogen) atoms.